The van der Waals surface area contributed by atoms with E-state index in [1.54, 1.807) is 0 Å². The Labute approximate surface area is 202 Å². The van der Waals surface area contributed by atoms with Crippen LogP contribution in [0.4, 0.5) is 0 Å². The minimum atomic E-state index is 0.850. The molecule has 0 aliphatic rings. The van der Waals surface area contributed by atoms with E-state index >= 15 is 0 Å². The normalized spacial score (nSPS) is 11.0. The SMILES string of the molecule is CCCCCCCCCCCCCCCCCCc1cc(-c2ccc(C)s2)ccc1C#N. The van der Waals surface area contributed by atoms with Crippen molar-refractivity contribution >= 4 is 11.3 Å². The molecular weight excluding hydrogens is 406 g/mol. The summed E-state index contributed by atoms with van der Waals surface area (Å²) in [5.74, 6) is 0. The van der Waals surface area contributed by atoms with Crippen LogP contribution in [0.1, 0.15) is 126 Å². The van der Waals surface area contributed by atoms with Crippen molar-refractivity contribution in [1.29, 1.82) is 5.26 Å². The van der Waals surface area contributed by atoms with Gasteiger partial charge in [0.05, 0.1) is 11.6 Å². The van der Waals surface area contributed by atoms with Gasteiger partial charge in [0.25, 0.3) is 0 Å². The maximum absolute atomic E-state index is 9.47. The third-order valence-electron chi connectivity index (χ3n) is 6.55. The van der Waals surface area contributed by atoms with Gasteiger partial charge in [0.1, 0.15) is 0 Å². The zero-order valence-corrected chi connectivity index (χ0v) is 21.6. The third-order valence-corrected chi connectivity index (χ3v) is 7.60. The monoisotopic (exact) mass is 451 g/mol. The molecule has 0 radical (unpaired) electrons. The molecule has 0 aliphatic carbocycles. The first-order chi connectivity index (χ1) is 15.7. The van der Waals surface area contributed by atoms with E-state index in [-0.39, 0.29) is 0 Å². The van der Waals surface area contributed by atoms with Crippen LogP contribution in [0, 0.1) is 18.3 Å². The first-order valence-electron chi connectivity index (χ1n) is 13.3. The van der Waals surface area contributed by atoms with E-state index in [4.69, 9.17) is 0 Å². The second-order valence-corrected chi connectivity index (χ2v) is 10.7. The number of hydrogen-bond acceptors (Lipinski definition) is 2. The Bertz CT molecular complexity index is 782. The van der Waals surface area contributed by atoms with Crippen LogP contribution in [0.15, 0.2) is 30.3 Å². The molecule has 1 aromatic heterocycles. The lowest BCUT2D eigenvalue weighted by Crippen LogP contribution is -1.92. The van der Waals surface area contributed by atoms with Crippen LogP contribution in [0.3, 0.4) is 0 Å². The molecule has 0 spiro atoms. The summed E-state index contributed by atoms with van der Waals surface area (Å²) < 4.78 is 0. The molecule has 0 bridgehead atoms. The molecule has 0 fully saturated rings. The minimum absolute atomic E-state index is 0.850. The Morgan fingerprint density at radius 1 is 0.688 bits per heavy atom. The van der Waals surface area contributed by atoms with Crippen molar-refractivity contribution in [2.24, 2.45) is 0 Å². The fraction of sp³-hybridized carbons (Fsp3) is 0.633. The second-order valence-electron chi connectivity index (χ2n) is 9.45. The fourth-order valence-electron chi connectivity index (χ4n) is 4.52. The molecule has 1 nitrogen and oxygen atoms in total. The highest BCUT2D eigenvalue weighted by molar-refractivity contribution is 7.15. The number of hydrogen-bond donors (Lipinski definition) is 0. The van der Waals surface area contributed by atoms with E-state index < -0.39 is 0 Å². The maximum atomic E-state index is 9.47. The van der Waals surface area contributed by atoms with Gasteiger partial charge >= 0.3 is 0 Å². The lowest BCUT2D eigenvalue weighted by Gasteiger charge is -2.07. The van der Waals surface area contributed by atoms with Crippen molar-refractivity contribution < 1.29 is 0 Å². The zero-order chi connectivity index (χ0) is 22.9. The standard InChI is InChI=1S/C30H45NS/c1-3-4-5-6-7-8-9-10-11-12-13-14-15-16-17-18-19-27-24-28(21-22-29(27)25-31)30-23-20-26(2)32-30/h20-24H,3-19H2,1-2H3. The van der Waals surface area contributed by atoms with Crippen molar-refractivity contribution in [1.82, 2.24) is 0 Å². The zero-order valence-electron chi connectivity index (χ0n) is 20.8. The number of benzene rings is 1. The van der Waals surface area contributed by atoms with Crippen molar-refractivity contribution in [2.75, 3.05) is 0 Å². The van der Waals surface area contributed by atoms with Crippen molar-refractivity contribution in [3.8, 4) is 16.5 Å². The van der Waals surface area contributed by atoms with Crippen LogP contribution in [-0.4, -0.2) is 0 Å². The Morgan fingerprint density at radius 3 is 1.69 bits per heavy atom. The molecule has 32 heavy (non-hydrogen) atoms. The van der Waals surface area contributed by atoms with Gasteiger partial charge in [-0.15, -0.1) is 11.3 Å². The van der Waals surface area contributed by atoms with Crippen LogP contribution in [-0.2, 0) is 6.42 Å². The number of rotatable bonds is 18. The lowest BCUT2D eigenvalue weighted by atomic mass is 9.98. The van der Waals surface area contributed by atoms with Gasteiger partial charge in [0, 0.05) is 9.75 Å². The Kier molecular flexibility index (Phi) is 14.1. The molecule has 0 saturated carbocycles. The van der Waals surface area contributed by atoms with Crippen LogP contribution in [0.5, 0.6) is 0 Å². The van der Waals surface area contributed by atoms with Gasteiger partial charge in [-0.25, -0.2) is 0 Å². The van der Waals surface area contributed by atoms with Crippen molar-refractivity contribution in [3.05, 3.63) is 46.3 Å². The number of unbranched alkanes of at least 4 members (excludes halogenated alkanes) is 15. The van der Waals surface area contributed by atoms with Crippen LogP contribution < -0.4 is 0 Å². The molecule has 0 atom stereocenters. The molecule has 0 saturated heterocycles. The van der Waals surface area contributed by atoms with Gasteiger partial charge in [-0.05, 0) is 55.2 Å². The number of thiophene rings is 1. The van der Waals surface area contributed by atoms with Gasteiger partial charge in [-0.3, -0.25) is 0 Å². The van der Waals surface area contributed by atoms with Gasteiger partial charge in [-0.1, -0.05) is 109 Å². The molecule has 176 valence electrons. The molecule has 0 unspecified atom stereocenters. The second kappa shape index (κ2) is 17.0. The van der Waals surface area contributed by atoms with Gasteiger partial charge in [-0.2, -0.15) is 5.26 Å². The first-order valence-corrected chi connectivity index (χ1v) is 14.2. The molecule has 0 aliphatic heterocycles. The average Bonchev–Trinajstić information content (AvgIpc) is 3.25. The van der Waals surface area contributed by atoms with Crippen molar-refractivity contribution in [3.63, 3.8) is 0 Å². The molecule has 0 N–H and O–H groups in total. The summed E-state index contributed by atoms with van der Waals surface area (Å²) >= 11 is 1.83. The van der Waals surface area contributed by atoms with E-state index in [1.165, 1.54) is 124 Å². The van der Waals surface area contributed by atoms with E-state index in [9.17, 15) is 5.26 Å². The number of nitriles is 1. The van der Waals surface area contributed by atoms with Crippen LogP contribution in [0.2, 0.25) is 0 Å². The van der Waals surface area contributed by atoms with E-state index in [0.29, 0.717) is 0 Å². The largest absolute Gasteiger partial charge is 0.192 e. The number of aryl methyl sites for hydroxylation is 2. The van der Waals surface area contributed by atoms with Crippen LogP contribution in [0.25, 0.3) is 10.4 Å². The first kappa shape index (κ1) is 26.7. The molecule has 2 rings (SSSR count). The van der Waals surface area contributed by atoms with E-state index in [2.05, 4.69) is 44.2 Å². The molecular formula is C30H45NS. The molecule has 2 aromatic rings. The molecule has 1 aromatic carbocycles. The Balaban J connectivity index is 1.49. The van der Waals surface area contributed by atoms with Crippen molar-refractivity contribution in [2.45, 2.75) is 123 Å². The molecule has 1 heterocycles. The highest BCUT2D eigenvalue weighted by Crippen LogP contribution is 2.29. The summed E-state index contributed by atoms with van der Waals surface area (Å²) in [5, 5.41) is 9.47. The quantitative estimate of drug-likeness (QED) is 0.207. The summed E-state index contributed by atoms with van der Waals surface area (Å²) in [4.78, 5) is 2.64. The maximum Gasteiger partial charge on any atom is 0.0994 e. The van der Waals surface area contributed by atoms with Gasteiger partial charge in [0.2, 0.25) is 0 Å². The predicted octanol–water partition coefficient (Wildman–Crippen LogP) is 10.4. The summed E-state index contributed by atoms with van der Waals surface area (Å²) in [6.07, 6.45) is 23.3. The minimum Gasteiger partial charge on any atom is -0.192 e. The smallest absolute Gasteiger partial charge is 0.0994 e. The highest BCUT2D eigenvalue weighted by atomic mass is 32.1. The summed E-state index contributed by atoms with van der Waals surface area (Å²) in [5.41, 5.74) is 3.33. The highest BCUT2D eigenvalue weighted by Gasteiger charge is 2.07. The van der Waals surface area contributed by atoms with Crippen LogP contribution >= 0.6 is 11.3 Å². The Hall–Kier alpha value is -1.59. The summed E-state index contributed by atoms with van der Waals surface area (Å²) in [7, 11) is 0. The van der Waals surface area contributed by atoms with E-state index in [0.717, 1.165) is 12.0 Å². The summed E-state index contributed by atoms with van der Waals surface area (Å²) in [6.45, 7) is 4.44. The topological polar surface area (TPSA) is 23.8 Å². The molecule has 2 heteroatoms. The average molecular weight is 452 g/mol. The third kappa shape index (κ3) is 10.8. The lowest BCUT2D eigenvalue weighted by molar-refractivity contribution is 0.529. The molecule has 0 amide bonds. The predicted molar refractivity (Wildman–Crippen MR) is 142 cm³/mol. The Morgan fingerprint density at radius 2 is 1.22 bits per heavy atom. The number of nitrogens with zero attached hydrogens (tertiary/aromatic N) is 1. The van der Waals surface area contributed by atoms with E-state index in [1.807, 2.05) is 17.4 Å². The van der Waals surface area contributed by atoms with Gasteiger partial charge in [0.15, 0.2) is 0 Å². The summed E-state index contributed by atoms with van der Waals surface area (Å²) in [6, 6.07) is 13.1. The fourth-order valence-corrected chi connectivity index (χ4v) is 5.38. The van der Waals surface area contributed by atoms with Gasteiger partial charge < -0.3 is 0 Å².